The van der Waals surface area contributed by atoms with E-state index in [-0.39, 0.29) is 22.3 Å². The SMILES string of the molecule is Cc1ccccc1C1(C(F)(F)C(=O)c2ccccc2)NC(=O)c2ccccc21. The number of nitrogens with one attached hydrogen (secondary N) is 1. The Morgan fingerprint density at radius 3 is 2.11 bits per heavy atom. The molecule has 1 atom stereocenters. The number of benzene rings is 3. The summed E-state index contributed by atoms with van der Waals surface area (Å²) in [7, 11) is 0. The summed E-state index contributed by atoms with van der Waals surface area (Å²) in [5.41, 5.74) is -1.39. The first kappa shape index (κ1) is 18.0. The third kappa shape index (κ3) is 2.39. The van der Waals surface area contributed by atoms with Gasteiger partial charge in [-0.05, 0) is 24.1 Å². The smallest absolute Gasteiger partial charge is 0.333 e. The van der Waals surface area contributed by atoms with Crippen LogP contribution in [-0.2, 0) is 5.54 Å². The summed E-state index contributed by atoms with van der Waals surface area (Å²) in [6.45, 7) is 1.69. The Balaban J connectivity index is 2.02. The molecule has 1 heterocycles. The van der Waals surface area contributed by atoms with Gasteiger partial charge in [0, 0.05) is 16.7 Å². The topological polar surface area (TPSA) is 46.2 Å². The highest BCUT2D eigenvalue weighted by atomic mass is 19.3. The van der Waals surface area contributed by atoms with Gasteiger partial charge < -0.3 is 5.32 Å². The zero-order chi connectivity index (χ0) is 19.9. The molecule has 28 heavy (non-hydrogen) atoms. The summed E-state index contributed by atoms with van der Waals surface area (Å²) < 4.78 is 32.0. The van der Waals surface area contributed by atoms with Crippen LogP contribution < -0.4 is 5.32 Å². The normalized spacial score (nSPS) is 18.5. The van der Waals surface area contributed by atoms with E-state index < -0.39 is 23.2 Å². The number of alkyl halides is 2. The Bertz CT molecular complexity index is 1080. The van der Waals surface area contributed by atoms with Crippen LogP contribution in [0.1, 0.15) is 37.4 Å². The summed E-state index contributed by atoms with van der Waals surface area (Å²) in [5, 5.41) is 2.47. The van der Waals surface area contributed by atoms with Crippen LogP contribution in [0.25, 0.3) is 0 Å². The molecule has 0 aliphatic carbocycles. The van der Waals surface area contributed by atoms with Crippen molar-refractivity contribution in [1.29, 1.82) is 0 Å². The molecule has 3 nitrogen and oxygen atoms in total. The van der Waals surface area contributed by atoms with Crippen LogP contribution in [-0.4, -0.2) is 17.6 Å². The van der Waals surface area contributed by atoms with Crippen molar-refractivity contribution in [3.8, 4) is 0 Å². The molecule has 0 aromatic heterocycles. The number of amides is 1. The Morgan fingerprint density at radius 1 is 0.857 bits per heavy atom. The van der Waals surface area contributed by atoms with Crippen molar-refractivity contribution >= 4 is 11.7 Å². The van der Waals surface area contributed by atoms with E-state index >= 15 is 8.78 Å². The molecule has 1 aliphatic heterocycles. The van der Waals surface area contributed by atoms with Crippen LogP contribution in [0.4, 0.5) is 8.78 Å². The third-order valence-corrected chi connectivity index (χ3v) is 5.22. The number of ketones is 1. The first-order chi connectivity index (χ1) is 13.4. The minimum Gasteiger partial charge on any atom is -0.333 e. The molecule has 0 saturated heterocycles. The van der Waals surface area contributed by atoms with E-state index in [1.165, 1.54) is 42.5 Å². The highest BCUT2D eigenvalue weighted by Gasteiger charge is 2.65. The van der Waals surface area contributed by atoms with E-state index in [0.717, 1.165) is 0 Å². The molecule has 1 unspecified atom stereocenters. The minimum atomic E-state index is -3.91. The molecule has 0 spiro atoms. The average molecular weight is 377 g/mol. The molecule has 3 aromatic carbocycles. The van der Waals surface area contributed by atoms with E-state index in [9.17, 15) is 9.59 Å². The Morgan fingerprint density at radius 2 is 1.43 bits per heavy atom. The molecule has 0 radical (unpaired) electrons. The van der Waals surface area contributed by atoms with Crippen LogP contribution in [0.3, 0.4) is 0 Å². The minimum absolute atomic E-state index is 0.101. The fraction of sp³-hybridized carbons (Fsp3) is 0.130. The molecule has 0 saturated carbocycles. The zero-order valence-electron chi connectivity index (χ0n) is 15.1. The molecule has 1 aliphatic rings. The van der Waals surface area contributed by atoms with Crippen molar-refractivity contribution in [3.05, 3.63) is 107 Å². The Labute approximate surface area is 161 Å². The molecule has 140 valence electrons. The van der Waals surface area contributed by atoms with Gasteiger partial charge in [-0.1, -0.05) is 72.8 Å². The number of carbonyl (C=O) groups is 2. The van der Waals surface area contributed by atoms with Gasteiger partial charge in [0.05, 0.1) is 0 Å². The average Bonchev–Trinajstić information content (AvgIpc) is 3.03. The van der Waals surface area contributed by atoms with Crippen LogP contribution in [0.5, 0.6) is 0 Å². The van der Waals surface area contributed by atoms with Crippen molar-refractivity contribution in [2.45, 2.75) is 18.4 Å². The molecular formula is C23H17F2NO2. The second-order valence-electron chi connectivity index (χ2n) is 6.83. The first-order valence-corrected chi connectivity index (χ1v) is 8.85. The van der Waals surface area contributed by atoms with Crippen LogP contribution >= 0.6 is 0 Å². The van der Waals surface area contributed by atoms with Crippen LogP contribution in [0.15, 0.2) is 78.9 Å². The number of halogens is 2. The van der Waals surface area contributed by atoms with Crippen molar-refractivity contribution in [3.63, 3.8) is 0 Å². The maximum atomic E-state index is 16.0. The van der Waals surface area contributed by atoms with Gasteiger partial charge in [0.25, 0.3) is 5.91 Å². The number of fused-ring (bicyclic) bond motifs is 1. The maximum absolute atomic E-state index is 16.0. The molecule has 3 aromatic rings. The largest absolute Gasteiger partial charge is 0.340 e. The number of hydrogen-bond acceptors (Lipinski definition) is 2. The number of hydrogen-bond donors (Lipinski definition) is 1. The molecule has 4 rings (SSSR count). The quantitative estimate of drug-likeness (QED) is 0.681. The Kier molecular flexibility index (Phi) is 4.11. The van der Waals surface area contributed by atoms with Gasteiger partial charge in [-0.15, -0.1) is 0 Å². The van der Waals surface area contributed by atoms with E-state index in [0.29, 0.717) is 5.56 Å². The molecule has 5 heteroatoms. The second kappa shape index (κ2) is 6.37. The van der Waals surface area contributed by atoms with Crippen molar-refractivity contribution < 1.29 is 18.4 Å². The number of Topliss-reactive ketones (excluding diaryl/α,β-unsaturated/α-hetero) is 1. The zero-order valence-corrected chi connectivity index (χ0v) is 15.1. The second-order valence-corrected chi connectivity index (χ2v) is 6.83. The summed E-state index contributed by atoms with van der Waals surface area (Å²) in [6.07, 6.45) is 0. The lowest BCUT2D eigenvalue weighted by Crippen LogP contribution is -2.58. The highest BCUT2D eigenvalue weighted by Crippen LogP contribution is 2.49. The van der Waals surface area contributed by atoms with E-state index in [2.05, 4.69) is 5.32 Å². The van der Waals surface area contributed by atoms with Crippen LogP contribution in [0.2, 0.25) is 0 Å². The lowest BCUT2D eigenvalue weighted by atomic mass is 9.74. The van der Waals surface area contributed by atoms with Gasteiger partial charge in [0.2, 0.25) is 5.78 Å². The van der Waals surface area contributed by atoms with Gasteiger partial charge in [0.15, 0.2) is 5.54 Å². The summed E-state index contributed by atoms with van der Waals surface area (Å²) in [6, 6.07) is 20.2. The fourth-order valence-corrected chi connectivity index (χ4v) is 3.88. The number of rotatable bonds is 4. The standard InChI is InChI=1S/C23H17F2NO2/c1-15-9-5-7-13-18(15)22(19-14-8-6-12-17(19)21(28)26-22)23(24,25)20(27)16-10-3-2-4-11-16/h2-14H,1H3,(H,26,28). The van der Waals surface area contributed by atoms with Gasteiger partial charge in [-0.2, -0.15) is 8.78 Å². The first-order valence-electron chi connectivity index (χ1n) is 8.85. The lowest BCUT2D eigenvalue weighted by molar-refractivity contribution is -0.0413. The molecular weight excluding hydrogens is 360 g/mol. The van der Waals surface area contributed by atoms with Crippen molar-refractivity contribution in [2.24, 2.45) is 0 Å². The summed E-state index contributed by atoms with van der Waals surface area (Å²) >= 11 is 0. The maximum Gasteiger partial charge on any atom is 0.340 e. The van der Waals surface area contributed by atoms with Crippen LogP contribution in [0, 0.1) is 6.92 Å². The summed E-state index contributed by atoms with van der Waals surface area (Å²) in [4.78, 5) is 25.6. The summed E-state index contributed by atoms with van der Waals surface area (Å²) in [5.74, 6) is -5.88. The van der Waals surface area contributed by atoms with Crippen molar-refractivity contribution in [2.75, 3.05) is 0 Å². The predicted octanol–water partition coefficient (Wildman–Crippen LogP) is 4.50. The monoisotopic (exact) mass is 377 g/mol. The molecule has 1 amide bonds. The van der Waals surface area contributed by atoms with E-state index in [1.54, 1.807) is 43.3 Å². The number of aryl methyl sites for hydroxylation is 1. The molecule has 1 N–H and O–H groups in total. The highest BCUT2D eigenvalue weighted by molar-refractivity contribution is 6.07. The van der Waals surface area contributed by atoms with E-state index in [1.807, 2.05) is 0 Å². The number of carbonyl (C=O) groups excluding carboxylic acids is 2. The lowest BCUT2D eigenvalue weighted by Gasteiger charge is -2.38. The van der Waals surface area contributed by atoms with Gasteiger partial charge in [-0.3, -0.25) is 9.59 Å². The van der Waals surface area contributed by atoms with Gasteiger partial charge >= 0.3 is 5.92 Å². The van der Waals surface area contributed by atoms with Gasteiger partial charge in [-0.25, -0.2) is 0 Å². The molecule has 0 fully saturated rings. The Hall–Kier alpha value is -3.34. The van der Waals surface area contributed by atoms with E-state index in [4.69, 9.17) is 0 Å². The predicted molar refractivity (Wildman–Crippen MR) is 102 cm³/mol. The van der Waals surface area contributed by atoms with Crippen molar-refractivity contribution in [1.82, 2.24) is 5.32 Å². The third-order valence-electron chi connectivity index (χ3n) is 5.22. The molecule has 0 bridgehead atoms. The van der Waals surface area contributed by atoms with Gasteiger partial charge in [0.1, 0.15) is 0 Å². The fourth-order valence-electron chi connectivity index (χ4n) is 3.88.